The Morgan fingerprint density at radius 3 is 2.38 bits per heavy atom. The summed E-state index contributed by atoms with van der Waals surface area (Å²) in [7, 11) is 0. The smallest absolute Gasteiger partial charge is 0.416 e. The van der Waals surface area contributed by atoms with E-state index in [2.05, 4.69) is 0 Å². The first-order valence-corrected chi connectivity index (χ1v) is 5.35. The number of hydrogen-bond acceptors (Lipinski definition) is 2. The average Bonchev–Trinajstić information content (AvgIpc) is 2.68. The van der Waals surface area contributed by atoms with E-state index in [1.165, 1.54) is 17.4 Å². The van der Waals surface area contributed by atoms with Crippen molar-refractivity contribution in [1.82, 2.24) is 0 Å². The molecular formula is C11H7F3OS. The number of rotatable bonds is 1. The van der Waals surface area contributed by atoms with Gasteiger partial charge in [-0.25, -0.2) is 0 Å². The van der Waals surface area contributed by atoms with Gasteiger partial charge in [-0.2, -0.15) is 24.5 Å². The van der Waals surface area contributed by atoms with Gasteiger partial charge in [0.2, 0.25) is 0 Å². The van der Waals surface area contributed by atoms with Crippen LogP contribution >= 0.6 is 11.3 Å². The maximum Gasteiger partial charge on any atom is 0.416 e. The molecule has 0 aliphatic carbocycles. The van der Waals surface area contributed by atoms with Crippen molar-refractivity contribution in [1.29, 1.82) is 0 Å². The molecule has 0 amide bonds. The van der Waals surface area contributed by atoms with Gasteiger partial charge in [0.05, 0.1) is 5.56 Å². The third kappa shape index (κ3) is 2.19. The largest absolute Gasteiger partial charge is 0.508 e. The van der Waals surface area contributed by atoms with Crippen LogP contribution in [0.5, 0.6) is 5.75 Å². The Morgan fingerprint density at radius 1 is 1.06 bits per heavy atom. The Balaban J connectivity index is 2.53. The molecule has 16 heavy (non-hydrogen) atoms. The molecule has 1 heterocycles. The van der Waals surface area contributed by atoms with Crippen molar-refractivity contribution in [3.05, 3.63) is 40.6 Å². The summed E-state index contributed by atoms with van der Waals surface area (Å²) < 4.78 is 37.4. The van der Waals surface area contributed by atoms with Crippen LogP contribution < -0.4 is 0 Å². The van der Waals surface area contributed by atoms with E-state index in [0.29, 0.717) is 11.1 Å². The lowest BCUT2D eigenvalue weighted by atomic mass is 10.1. The SMILES string of the molecule is Oc1cc(-c2ccsc2)cc(C(F)(F)F)c1. The summed E-state index contributed by atoms with van der Waals surface area (Å²) in [4.78, 5) is 0. The van der Waals surface area contributed by atoms with E-state index in [4.69, 9.17) is 0 Å². The lowest BCUT2D eigenvalue weighted by Gasteiger charge is -2.09. The van der Waals surface area contributed by atoms with Gasteiger partial charge in [-0.3, -0.25) is 0 Å². The van der Waals surface area contributed by atoms with Crippen molar-refractivity contribution in [3.8, 4) is 16.9 Å². The molecule has 0 bridgehead atoms. The minimum absolute atomic E-state index is 0.369. The number of hydrogen-bond donors (Lipinski definition) is 1. The zero-order valence-electron chi connectivity index (χ0n) is 7.95. The van der Waals surface area contributed by atoms with Crippen molar-refractivity contribution in [2.45, 2.75) is 6.18 Å². The van der Waals surface area contributed by atoms with Gasteiger partial charge in [0, 0.05) is 0 Å². The highest BCUT2D eigenvalue weighted by molar-refractivity contribution is 7.08. The molecule has 0 spiro atoms. The van der Waals surface area contributed by atoms with Gasteiger partial charge < -0.3 is 5.11 Å². The molecule has 2 aromatic rings. The van der Waals surface area contributed by atoms with Crippen LogP contribution in [0, 0.1) is 0 Å². The number of aromatic hydroxyl groups is 1. The van der Waals surface area contributed by atoms with Gasteiger partial charge in [-0.05, 0) is 46.2 Å². The van der Waals surface area contributed by atoms with E-state index >= 15 is 0 Å². The van der Waals surface area contributed by atoms with E-state index in [1.807, 2.05) is 0 Å². The van der Waals surface area contributed by atoms with Crippen LogP contribution in [-0.2, 0) is 6.18 Å². The molecule has 0 saturated heterocycles. The molecular weight excluding hydrogens is 237 g/mol. The third-order valence-electron chi connectivity index (χ3n) is 2.10. The number of benzene rings is 1. The Morgan fingerprint density at radius 2 is 1.81 bits per heavy atom. The van der Waals surface area contributed by atoms with Crippen LogP contribution in [0.2, 0.25) is 0 Å². The molecule has 1 aromatic carbocycles. The number of halogens is 3. The van der Waals surface area contributed by atoms with E-state index in [0.717, 1.165) is 12.1 Å². The minimum atomic E-state index is -4.44. The highest BCUT2D eigenvalue weighted by atomic mass is 32.1. The summed E-state index contributed by atoms with van der Waals surface area (Å²) in [6.45, 7) is 0. The molecule has 84 valence electrons. The standard InChI is InChI=1S/C11H7F3OS/c12-11(13,14)9-3-8(4-10(15)5-9)7-1-2-16-6-7/h1-6,15H. The summed E-state index contributed by atoms with van der Waals surface area (Å²) in [6.07, 6.45) is -4.44. The van der Waals surface area contributed by atoms with Crippen LogP contribution in [0.3, 0.4) is 0 Å². The van der Waals surface area contributed by atoms with Gasteiger partial charge in [0.1, 0.15) is 5.75 Å². The van der Waals surface area contributed by atoms with Gasteiger partial charge in [-0.1, -0.05) is 0 Å². The average molecular weight is 244 g/mol. The molecule has 0 aliphatic rings. The first-order valence-electron chi connectivity index (χ1n) is 4.40. The summed E-state index contributed by atoms with van der Waals surface area (Å²) >= 11 is 1.39. The summed E-state index contributed by atoms with van der Waals surface area (Å²) in [5.74, 6) is -0.379. The topological polar surface area (TPSA) is 20.2 Å². The quantitative estimate of drug-likeness (QED) is 0.799. The van der Waals surface area contributed by atoms with Crippen LogP contribution in [0.15, 0.2) is 35.0 Å². The predicted octanol–water partition coefficient (Wildman–Crippen LogP) is 4.14. The Kier molecular flexibility index (Phi) is 2.63. The van der Waals surface area contributed by atoms with Crippen LogP contribution in [-0.4, -0.2) is 5.11 Å². The fraction of sp³-hybridized carbons (Fsp3) is 0.0909. The van der Waals surface area contributed by atoms with Crippen molar-refractivity contribution in [3.63, 3.8) is 0 Å². The number of phenolic OH excluding ortho intramolecular Hbond substituents is 1. The summed E-state index contributed by atoms with van der Waals surface area (Å²) in [5, 5.41) is 12.8. The number of alkyl halides is 3. The lowest BCUT2D eigenvalue weighted by Crippen LogP contribution is -2.04. The maximum atomic E-state index is 12.5. The Hall–Kier alpha value is -1.49. The number of thiophene rings is 1. The third-order valence-corrected chi connectivity index (χ3v) is 2.78. The van der Waals surface area contributed by atoms with E-state index in [1.54, 1.807) is 16.8 Å². The second kappa shape index (κ2) is 3.83. The molecule has 0 radical (unpaired) electrons. The molecule has 1 N–H and O–H groups in total. The molecule has 0 aliphatic heterocycles. The predicted molar refractivity (Wildman–Crippen MR) is 56.4 cm³/mol. The van der Waals surface area contributed by atoms with Gasteiger partial charge >= 0.3 is 6.18 Å². The van der Waals surface area contributed by atoms with E-state index < -0.39 is 11.7 Å². The highest BCUT2D eigenvalue weighted by Gasteiger charge is 2.31. The Bertz CT molecular complexity index is 488. The van der Waals surface area contributed by atoms with E-state index in [-0.39, 0.29) is 5.75 Å². The van der Waals surface area contributed by atoms with Crippen LogP contribution in [0.25, 0.3) is 11.1 Å². The molecule has 0 atom stereocenters. The second-order valence-corrected chi connectivity index (χ2v) is 4.06. The second-order valence-electron chi connectivity index (χ2n) is 3.28. The summed E-state index contributed by atoms with van der Waals surface area (Å²) in [6, 6.07) is 4.77. The maximum absolute atomic E-state index is 12.5. The van der Waals surface area contributed by atoms with Crippen LogP contribution in [0.4, 0.5) is 13.2 Å². The first kappa shape index (κ1) is 11.0. The molecule has 1 nitrogen and oxygen atoms in total. The minimum Gasteiger partial charge on any atom is -0.508 e. The number of phenols is 1. The van der Waals surface area contributed by atoms with Gasteiger partial charge in [0.25, 0.3) is 0 Å². The first-order chi connectivity index (χ1) is 7.47. The van der Waals surface area contributed by atoms with Gasteiger partial charge in [-0.15, -0.1) is 0 Å². The molecule has 1 aromatic heterocycles. The lowest BCUT2D eigenvalue weighted by molar-refractivity contribution is -0.137. The molecule has 2 rings (SSSR count). The van der Waals surface area contributed by atoms with Crippen molar-refractivity contribution >= 4 is 11.3 Å². The normalized spacial score (nSPS) is 11.7. The molecule has 0 saturated carbocycles. The summed E-state index contributed by atoms with van der Waals surface area (Å²) in [5.41, 5.74) is 0.202. The monoisotopic (exact) mass is 244 g/mol. The molecule has 5 heteroatoms. The van der Waals surface area contributed by atoms with Crippen molar-refractivity contribution < 1.29 is 18.3 Å². The van der Waals surface area contributed by atoms with Gasteiger partial charge in [0.15, 0.2) is 0 Å². The van der Waals surface area contributed by atoms with Crippen molar-refractivity contribution in [2.75, 3.05) is 0 Å². The zero-order chi connectivity index (χ0) is 11.8. The van der Waals surface area contributed by atoms with Crippen LogP contribution in [0.1, 0.15) is 5.56 Å². The molecule has 0 fully saturated rings. The zero-order valence-corrected chi connectivity index (χ0v) is 8.77. The van der Waals surface area contributed by atoms with E-state index in [9.17, 15) is 18.3 Å². The van der Waals surface area contributed by atoms with Crippen molar-refractivity contribution in [2.24, 2.45) is 0 Å². The fourth-order valence-corrected chi connectivity index (χ4v) is 2.04. The fourth-order valence-electron chi connectivity index (χ4n) is 1.37. The Labute approximate surface area is 93.8 Å². The highest BCUT2D eigenvalue weighted by Crippen LogP contribution is 2.35. The molecule has 0 unspecified atom stereocenters.